The molecule has 1 nitrogen and oxygen atoms in total. The molecule has 4 bridgehead atoms. The van der Waals surface area contributed by atoms with Crippen molar-refractivity contribution < 1.29 is 0 Å². The number of rotatable bonds is 4. The Balaban J connectivity index is 1.27. The molecule has 0 unspecified atom stereocenters. The first-order valence-electron chi connectivity index (χ1n) is 12.2. The Kier molecular flexibility index (Phi) is 5.70. The Labute approximate surface area is 182 Å². The van der Waals surface area contributed by atoms with Gasteiger partial charge in [-0.2, -0.15) is 0 Å². The molecule has 0 amide bonds. The number of halogens is 1. The van der Waals surface area contributed by atoms with Crippen molar-refractivity contribution in [3.8, 4) is 11.8 Å². The van der Waals surface area contributed by atoms with Crippen LogP contribution in [0.25, 0.3) is 0 Å². The van der Waals surface area contributed by atoms with Crippen LogP contribution in [0.2, 0.25) is 5.02 Å². The highest BCUT2D eigenvalue weighted by molar-refractivity contribution is 6.31. The zero-order valence-corrected chi connectivity index (χ0v) is 18.8. The van der Waals surface area contributed by atoms with E-state index in [2.05, 4.69) is 41.9 Å². The smallest absolute Gasteiger partial charge is 0.0609 e. The highest BCUT2D eigenvalue weighted by Crippen LogP contribution is 2.57. The quantitative estimate of drug-likeness (QED) is 0.482. The summed E-state index contributed by atoms with van der Waals surface area (Å²) in [5.41, 5.74) is 2.89. The van der Waals surface area contributed by atoms with Gasteiger partial charge in [0.1, 0.15) is 0 Å². The summed E-state index contributed by atoms with van der Waals surface area (Å²) in [7, 11) is 0. The topological polar surface area (TPSA) is 3.24 Å². The van der Waals surface area contributed by atoms with Gasteiger partial charge in [0.25, 0.3) is 0 Å². The van der Waals surface area contributed by atoms with Crippen molar-refractivity contribution in [3.05, 3.63) is 34.3 Å². The number of benzene rings is 1. The Morgan fingerprint density at radius 2 is 1.66 bits per heavy atom. The normalized spacial score (nSPS) is 33.7. The van der Waals surface area contributed by atoms with E-state index in [0.717, 1.165) is 41.4 Å². The zero-order chi connectivity index (χ0) is 19.8. The molecule has 0 spiro atoms. The first-order chi connectivity index (χ1) is 14.1. The van der Waals surface area contributed by atoms with Gasteiger partial charge in [-0.15, -0.1) is 0 Å². The molecule has 0 radical (unpaired) electrons. The molecule has 1 aromatic rings. The zero-order valence-electron chi connectivity index (χ0n) is 18.1. The first-order valence-corrected chi connectivity index (χ1v) is 12.6. The minimum Gasteiger partial charge on any atom is -0.287 e. The molecule has 29 heavy (non-hydrogen) atoms. The lowest BCUT2D eigenvalue weighted by Gasteiger charge is -2.60. The molecule has 1 aromatic carbocycles. The predicted molar refractivity (Wildman–Crippen MR) is 122 cm³/mol. The molecular weight excluding hydrogens is 374 g/mol. The van der Waals surface area contributed by atoms with Crippen LogP contribution in [0.1, 0.15) is 94.6 Å². The van der Waals surface area contributed by atoms with Gasteiger partial charge in [0.15, 0.2) is 0 Å². The predicted octanol–water partition coefficient (Wildman–Crippen LogP) is 7.03. The van der Waals surface area contributed by atoms with Gasteiger partial charge in [-0.25, -0.2) is 0 Å². The van der Waals surface area contributed by atoms with Gasteiger partial charge in [0, 0.05) is 16.1 Å². The van der Waals surface area contributed by atoms with E-state index >= 15 is 0 Å². The summed E-state index contributed by atoms with van der Waals surface area (Å²) in [4.78, 5) is 2.72. The van der Waals surface area contributed by atoms with E-state index in [-0.39, 0.29) is 0 Å². The van der Waals surface area contributed by atoms with E-state index in [0.29, 0.717) is 11.5 Å². The lowest BCUT2D eigenvalue weighted by Crippen LogP contribution is -2.60. The average Bonchev–Trinajstić information content (AvgIpc) is 2.71. The van der Waals surface area contributed by atoms with Crippen molar-refractivity contribution in [2.75, 3.05) is 13.1 Å². The Morgan fingerprint density at radius 1 is 1.00 bits per heavy atom. The molecule has 5 aliphatic carbocycles. The van der Waals surface area contributed by atoms with Crippen molar-refractivity contribution in [1.29, 1.82) is 0 Å². The fourth-order valence-electron chi connectivity index (χ4n) is 7.65. The van der Waals surface area contributed by atoms with Crippen LogP contribution < -0.4 is 0 Å². The van der Waals surface area contributed by atoms with Gasteiger partial charge in [0.2, 0.25) is 0 Å². The molecular formula is C27H36ClN. The molecule has 5 saturated carbocycles. The Bertz CT molecular complexity index is 759. The van der Waals surface area contributed by atoms with Crippen molar-refractivity contribution in [1.82, 2.24) is 4.90 Å². The fraction of sp³-hybridized carbons (Fsp3) is 0.704. The number of hydrogen-bond donors (Lipinski definition) is 0. The van der Waals surface area contributed by atoms with Gasteiger partial charge in [-0.1, -0.05) is 55.7 Å². The molecule has 0 heterocycles. The summed E-state index contributed by atoms with van der Waals surface area (Å²) < 4.78 is 0. The summed E-state index contributed by atoms with van der Waals surface area (Å²) in [6.45, 7) is 4.36. The standard InChI is InChI=1S/C27H36ClN/c1-2-29(27-17-21-13-22(18-27)15-23(14-21)19-27)12-6-7-20-10-11-25(26(28)16-20)24-8-4-3-5-9-24/h10-11,16,21-24H,2-5,8-9,12-15,17-19H2,1H3. The third-order valence-electron chi connectivity index (χ3n) is 8.61. The van der Waals surface area contributed by atoms with Gasteiger partial charge < -0.3 is 0 Å². The SMILES string of the molecule is CCN(CC#Cc1ccc(C2CCCCC2)c(Cl)c1)C12CC3CC(CC(C3)C1)C2. The summed E-state index contributed by atoms with van der Waals surface area (Å²) in [6, 6.07) is 6.56. The van der Waals surface area contributed by atoms with Crippen molar-refractivity contribution in [2.45, 2.75) is 89.0 Å². The van der Waals surface area contributed by atoms with Crippen LogP contribution in [-0.4, -0.2) is 23.5 Å². The van der Waals surface area contributed by atoms with Crippen LogP contribution in [0.5, 0.6) is 0 Å². The maximum absolute atomic E-state index is 6.66. The van der Waals surface area contributed by atoms with Crippen molar-refractivity contribution in [2.24, 2.45) is 17.8 Å². The maximum Gasteiger partial charge on any atom is 0.0609 e. The maximum atomic E-state index is 6.66. The van der Waals surface area contributed by atoms with Gasteiger partial charge in [-0.3, -0.25) is 4.90 Å². The molecule has 0 aliphatic heterocycles. The molecule has 156 valence electrons. The molecule has 6 rings (SSSR count). The van der Waals surface area contributed by atoms with E-state index in [1.165, 1.54) is 76.2 Å². The third kappa shape index (κ3) is 4.00. The monoisotopic (exact) mass is 409 g/mol. The minimum atomic E-state index is 0.459. The Morgan fingerprint density at radius 3 is 2.24 bits per heavy atom. The first kappa shape index (κ1) is 20.0. The van der Waals surface area contributed by atoms with E-state index in [4.69, 9.17) is 11.6 Å². The lowest BCUT2D eigenvalue weighted by atomic mass is 9.52. The largest absolute Gasteiger partial charge is 0.287 e. The van der Waals surface area contributed by atoms with Gasteiger partial charge >= 0.3 is 0 Å². The van der Waals surface area contributed by atoms with E-state index in [1.54, 1.807) is 0 Å². The molecule has 0 aromatic heterocycles. The molecule has 5 aliphatic rings. The van der Waals surface area contributed by atoms with Crippen LogP contribution >= 0.6 is 11.6 Å². The summed E-state index contributed by atoms with van der Waals surface area (Å²) in [6.07, 6.45) is 15.5. The molecule has 0 saturated heterocycles. The highest BCUT2D eigenvalue weighted by Gasteiger charge is 2.52. The lowest BCUT2D eigenvalue weighted by molar-refractivity contribution is -0.0821. The van der Waals surface area contributed by atoms with Gasteiger partial charge in [-0.05, 0) is 99.3 Å². The fourth-order valence-corrected chi connectivity index (χ4v) is 7.99. The molecule has 5 fully saturated rings. The highest BCUT2D eigenvalue weighted by atomic mass is 35.5. The second-order valence-corrected chi connectivity index (χ2v) is 10.9. The van der Waals surface area contributed by atoms with Gasteiger partial charge in [0.05, 0.1) is 6.54 Å². The summed E-state index contributed by atoms with van der Waals surface area (Å²) in [5.74, 6) is 10.6. The van der Waals surface area contributed by atoms with E-state index in [1.807, 2.05) is 0 Å². The second kappa shape index (κ2) is 8.28. The number of nitrogens with zero attached hydrogens (tertiary/aromatic N) is 1. The van der Waals surface area contributed by atoms with Crippen LogP contribution in [0.3, 0.4) is 0 Å². The van der Waals surface area contributed by atoms with E-state index < -0.39 is 0 Å². The third-order valence-corrected chi connectivity index (χ3v) is 8.93. The molecule has 2 heteroatoms. The second-order valence-electron chi connectivity index (χ2n) is 10.5. The van der Waals surface area contributed by atoms with Crippen LogP contribution in [0.15, 0.2) is 18.2 Å². The summed E-state index contributed by atoms with van der Waals surface area (Å²) in [5, 5.41) is 0.928. The van der Waals surface area contributed by atoms with Crippen molar-refractivity contribution >= 4 is 11.6 Å². The molecule has 0 N–H and O–H groups in total. The van der Waals surface area contributed by atoms with Crippen molar-refractivity contribution in [3.63, 3.8) is 0 Å². The van der Waals surface area contributed by atoms with Crippen LogP contribution in [0, 0.1) is 29.6 Å². The molecule has 0 atom stereocenters. The van der Waals surface area contributed by atoms with Crippen LogP contribution in [0.4, 0.5) is 0 Å². The minimum absolute atomic E-state index is 0.459. The average molecular weight is 410 g/mol. The number of hydrogen-bond acceptors (Lipinski definition) is 1. The summed E-state index contributed by atoms with van der Waals surface area (Å²) >= 11 is 6.66. The Hall–Kier alpha value is -0.970. The van der Waals surface area contributed by atoms with Crippen LogP contribution in [-0.2, 0) is 0 Å². The van der Waals surface area contributed by atoms with E-state index in [9.17, 15) is 0 Å².